The Hall–Kier alpha value is -1.81. The Kier molecular flexibility index (Phi) is 3.91. The zero-order chi connectivity index (χ0) is 13.1. The highest BCUT2D eigenvalue weighted by atomic mass is 19.4. The first-order chi connectivity index (χ1) is 7.83. The van der Waals surface area contributed by atoms with Gasteiger partial charge in [-0.1, -0.05) is 0 Å². The average Bonchev–Trinajstić information content (AvgIpc) is 2.19. The van der Waals surface area contributed by atoms with Gasteiger partial charge in [0, 0.05) is 11.6 Å². The Morgan fingerprint density at radius 2 is 2.06 bits per heavy atom. The molecule has 0 saturated carbocycles. The Balaban J connectivity index is 2.99. The maximum atomic E-state index is 13.3. The van der Waals surface area contributed by atoms with Crippen molar-refractivity contribution in [1.82, 2.24) is 0 Å². The lowest BCUT2D eigenvalue weighted by Gasteiger charge is -2.13. The summed E-state index contributed by atoms with van der Waals surface area (Å²) in [5, 5.41) is 8.38. The summed E-state index contributed by atoms with van der Waals surface area (Å²) in [5.41, 5.74) is 5.25. The van der Waals surface area contributed by atoms with Crippen LogP contribution in [0.4, 0.5) is 17.6 Å². The van der Waals surface area contributed by atoms with Crippen LogP contribution in [0.1, 0.15) is 18.0 Å². The minimum absolute atomic E-state index is 0.187. The molecular formula is C10H8F4N2O. The molecule has 17 heavy (non-hydrogen) atoms. The molecule has 0 fully saturated rings. The van der Waals surface area contributed by atoms with Gasteiger partial charge in [0.15, 0.2) is 0 Å². The quantitative estimate of drug-likeness (QED) is 0.836. The monoisotopic (exact) mass is 248 g/mol. The lowest BCUT2D eigenvalue weighted by Crippen LogP contribution is -2.18. The molecule has 0 radical (unpaired) electrons. The van der Waals surface area contributed by atoms with E-state index < -0.39 is 24.0 Å². The van der Waals surface area contributed by atoms with Crippen molar-refractivity contribution in [1.29, 1.82) is 5.26 Å². The SMILES string of the molecule is N#CC[C@H](N)c1cc(OC(F)(F)F)ccc1F. The number of nitrogens with two attached hydrogens (primary N) is 1. The van der Waals surface area contributed by atoms with E-state index in [4.69, 9.17) is 11.0 Å². The summed E-state index contributed by atoms with van der Waals surface area (Å²) >= 11 is 0. The topological polar surface area (TPSA) is 59.0 Å². The standard InChI is InChI=1S/C10H8F4N2O/c11-8-2-1-6(17-10(12,13)14)5-7(8)9(16)3-4-15/h1-2,5,9H,3,16H2/t9-/m0/s1. The van der Waals surface area contributed by atoms with Crippen molar-refractivity contribution < 1.29 is 22.3 Å². The van der Waals surface area contributed by atoms with Gasteiger partial charge in [-0.25, -0.2) is 4.39 Å². The minimum atomic E-state index is -4.85. The van der Waals surface area contributed by atoms with Gasteiger partial charge in [-0.3, -0.25) is 0 Å². The lowest BCUT2D eigenvalue weighted by atomic mass is 10.0. The second-order valence-corrected chi connectivity index (χ2v) is 3.20. The summed E-state index contributed by atoms with van der Waals surface area (Å²) in [4.78, 5) is 0. The lowest BCUT2D eigenvalue weighted by molar-refractivity contribution is -0.274. The summed E-state index contributed by atoms with van der Waals surface area (Å²) in [6.07, 6.45) is -5.05. The van der Waals surface area contributed by atoms with Gasteiger partial charge in [0.2, 0.25) is 0 Å². The first-order valence-electron chi connectivity index (χ1n) is 4.51. The molecule has 0 heterocycles. The van der Waals surface area contributed by atoms with Crippen molar-refractivity contribution in [3.05, 3.63) is 29.6 Å². The molecule has 0 amide bonds. The van der Waals surface area contributed by atoms with Crippen LogP contribution in [-0.2, 0) is 0 Å². The van der Waals surface area contributed by atoms with Crippen LogP contribution in [0.25, 0.3) is 0 Å². The highest BCUT2D eigenvalue weighted by Gasteiger charge is 2.31. The van der Waals surface area contributed by atoms with Crippen molar-refractivity contribution in [2.24, 2.45) is 5.73 Å². The number of halogens is 4. The van der Waals surface area contributed by atoms with E-state index in [-0.39, 0.29) is 12.0 Å². The highest BCUT2D eigenvalue weighted by Crippen LogP contribution is 2.27. The van der Waals surface area contributed by atoms with Crippen LogP contribution in [-0.4, -0.2) is 6.36 Å². The molecule has 2 N–H and O–H groups in total. The number of rotatable bonds is 3. The number of alkyl halides is 3. The van der Waals surface area contributed by atoms with Crippen LogP contribution in [0.5, 0.6) is 5.75 Å². The van der Waals surface area contributed by atoms with Gasteiger partial charge in [0.25, 0.3) is 0 Å². The van der Waals surface area contributed by atoms with Crippen molar-refractivity contribution in [3.8, 4) is 11.8 Å². The van der Waals surface area contributed by atoms with Crippen LogP contribution in [0.3, 0.4) is 0 Å². The second kappa shape index (κ2) is 5.01. The van der Waals surface area contributed by atoms with E-state index in [0.717, 1.165) is 18.2 Å². The van der Waals surface area contributed by atoms with Gasteiger partial charge >= 0.3 is 6.36 Å². The van der Waals surface area contributed by atoms with Crippen molar-refractivity contribution in [2.75, 3.05) is 0 Å². The van der Waals surface area contributed by atoms with Crippen LogP contribution in [0.2, 0.25) is 0 Å². The summed E-state index contributed by atoms with van der Waals surface area (Å²) < 4.78 is 52.6. The first kappa shape index (κ1) is 13.3. The molecular weight excluding hydrogens is 240 g/mol. The van der Waals surface area contributed by atoms with Crippen molar-refractivity contribution in [3.63, 3.8) is 0 Å². The van der Waals surface area contributed by atoms with Crippen LogP contribution in [0, 0.1) is 17.1 Å². The van der Waals surface area contributed by atoms with Crippen LogP contribution in [0.15, 0.2) is 18.2 Å². The average molecular weight is 248 g/mol. The van der Waals surface area contributed by atoms with E-state index >= 15 is 0 Å². The Morgan fingerprint density at radius 3 is 2.59 bits per heavy atom. The summed E-state index contributed by atoms with van der Waals surface area (Å²) in [7, 11) is 0. The van der Waals surface area contributed by atoms with E-state index in [9.17, 15) is 17.6 Å². The maximum Gasteiger partial charge on any atom is 0.573 e. The van der Waals surface area contributed by atoms with Crippen molar-refractivity contribution in [2.45, 2.75) is 18.8 Å². The molecule has 0 unspecified atom stereocenters. The molecule has 0 aliphatic heterocycles. The molecule has 92 valence electrons. The molecule has 0 saturated heterocycles. The van der Waals surface area contributed by atoms with E-state index in [0.29, 0.717) is 0 Å². The highest BCUT2D eigenvalue weighted by molar-refractivity contribution is 5.32. The maximum absolute atomic E-state index is 13.3. The third-order valence-corrected chi connectivity index (χ3v) is 1.91. The van der Waals surface area contributed by atoms with E-state index in [2.05, 4.69) is 4.74 Å². The molecule has 3 nitrogen and oxygen atoms in total. The van der Waals surface area contributed by atoms with E-state index in [1.165, 1.54) is 0 Å². The van der Waals surface area contributed by atoms with Crippen LogP contribution < -0.4 is 10.5 Å². The Bertz CT molecular complexity index is 439. The Morgan fingerprint density at radius 1 is 1.41 bits per heavy atom. The minimum Gasteiger partial charge on any atom is -0.406 e. The number of benzene rings is 1. The number of hydrogen-bond acceptors (Lipinski definition) is 3. The molecule has 1 aromatic rings. The van der Waals surface area contributed by atoms with Crippen LogP contribution >= 0.6 is 0 Å². The molecule has 0 aliphatic rings. The number of hydrogen-bond donors (Lipinski definition) is 1. The number of nitriles is 1. The fourth-order valence-electron chi connectivity index (χ4n) is 1.21. The van der Waals surface area contributed by atoms with E-state index in [1.54, 1.807) is 6.07 Å². The van der Waals surface area contributed by atoms with Gasteiger partial charge < -0.3 is 10.5 Å². The third kappa shape index (κ3) is 3.92. The normalized spacial score (nSPS) is 12.9. The van der Waals surface area contributed by atoms with E-state index in [1.807, 2.05) is 0 Å². The molecule has 1 aromatic carbocycles. The van der Waals surface area contributed by atoms with Gasteiger partial charge in [0.1, 0.15) is 11.6 Å². The van der Waals surface area contributed by atoms with Gasteiger partial charge in [-0.05, 0) is 18.2 Å². The molecule has 1 rings (SSSR count). The zero-order valence-electron chi connectivity index (χ0n) is 8.46. The predicted molar refractivity (Wildman–Crippen MR) is 50.2 cm³/mol. The second-order valence-electron chi connectivity index (χ2n) is 3.20. The molecule has 0 bridgehead atoms. The third-order valence-electron chi connectivity index (χ3n) is 1.91. The summed E-state index contributed by atoms with van der Waals surface area (Å²) in [6, 6.07) is 3.21. The molecule has 1 atom stereocenters. The largest absolute Gasteiger partial charge is 0.573 e. The first-order valence-corrected chi connectivity index (χ1v) is 4.51. The number of nitrogens with zero attached hydrogens (tertiary/aromatic N) is 1. The van der Waals surface area contributed by atoms with Crippen molar-refractivity contribution >= 4 is 0 Å². The fraction of sp³-hybridized carbons (Fsp3) is 0.300. The zero-order valence-corrected chi connectivity index (χ0v) is 8.46. The fourth-order valence-corrected chi connectivity index (χ4v) is 1.21. The smallest absolute Gasteiger partial charge is 0.406 e. The molecule has 7 heteroatoms. The number of ether oxygens (including phenoxy) is 1. The van der Waals surface area contributed by atoms with Gasteiger partial charge in [-0.2, -0.15) is 5.26 Å². The molecule has 0 aromatic heterocycles. The van der Waals surface area contributed by atoms with Gasteiger partial charge in [0.05, 0.1) is 12.5 Å². The molecule has 0 aliphatic carbocycles. The summed E-state index contributed by atoms with van der Waals surface area (Å²) in [5.74, 6) is -1.34. The molecule has 0 spiro atoms. The van der Waals surface area contributed by atoms with Gasteiger partial charge in [-0.15, -0.1) is 13.2 Å². The predicted octanol–water partition coefficient (Wildman–Crippen LogP) is 2.64. The summed E-state index contributed by atoms with van der Waals surface area (Å²) in [6.45, 7) is 0. The Labute approximate surface area is 94.4 Å².